The van der Waals surface area contributed by atoms with Crippen LogP contribution in [0.1, 0.15) is 12.0 Å². The van der Waals surface area contributed by atoms with Crippen molar-refractivity contribution in [1.29, 1.82) is 0 Å². The van der Waals surface area contributed by atoms with Crippen molar-refractivity contribution in [2.45, 2.75) is 12.8 Å². The van der Waals surface area contributed by atoms with E-state index in [0.29, 0.717) is 5.92 Å². The molecule has 3 rings (SSSR count). The van der Waals surface area contributed by atoms with Crippen LogP contribution in [-0.2, 0) is 11.3 Å². The molecule has 0 amide bonds. The van der Waals surface area contributed by atoms with Gasteiger partial charge in [-0.05, 0) is 36.5 Å². The van der Waals surface area contributed by atoms with Crippen molar-refractivity contribution < 1.29 is 4.84 Å². The maximum Gasteiger partial charge on any atom is 0.0752 e. The third-order valence-electron chi connectivity index (χ3n) is 3.61. The summed E-state index contributed by atoms with van der Waals surface area (Å²) in [6, 6.07) is 21.1. The van der Waals surface area contributed by atoms with Gasteiger partial charge in [-0.2, -0.15) is 0 Å². The average molecular weight is 253 g/mol. The minimum atomic E-state index is 0.663. The zero-order chi connectivity index (χ0) is 12.9. The molecule has 1 aliphatic rings. The van der Waals surface area contributed by atoms with Crippen molar-refractivity contribution in [3.8, 4) is 0 Å². The lowest BCUT2D eigenvalue weighted by molar-refractivity contribution is 0.0524. The highest BCUT2D eigenvalue weighted by Crippen LogP contribution is 2.23. The molecular weight excluding hydrogens is 234 g/mol. The molecule has 1 saturated heterocycles. The van der Waals surface area contributed by atoms with Gasteiger partial charge >= 0.3 is 0 Å². The van der Waals surface area contributed by atoms with Gasteiger partial charge in [-0.15, -0.1) is 0 Å². The minimum Gasteiger partial charge on any atom is -0.273 e. The Morgan fingerprint density at radius 1 is 0.947 bits per heavy atom. The van der Waals surface area contributed by atoms with Gasteiger partial charge in [0.1, 0.15) is 0 Å². The van der Waals surface area contributed by atoms with Crippen molar-refractivity contribution in [2.75, 3.05) is 18.2 Å². The van der Waals surface area contributed by atoms with Crippen LogP contribution in [0.25, 0.3) is 0 Å². The van der Waals surface area contributed by atoms with Crippen LogP contribution in [0.5, 0.6) is 0 Å². The van der Waals surface area contributed by atoms with Crippen LogP contribution in [0.15, 0.2) is 60.7 Å². The van der Waals surface area contributed by atoms with E-state index in [-0.39, 0.29) is 0 Å². The van der Waals surface area contributed by atoms with E-state index in [1.807, 2.05) is 11.1 Å². The molecule has 1 heterocycles. The lowest BCUT2D eigenvalue weighted by atomic mass is 9.95. The molecule has 2 heteroatoms. The third kappa shape index (κ3) is 3.15. The molecule has 0 N–H and O–H groups in total. The molecule has 0 bridgehead atoms. The highest BCUT2D eigenvalue weighted by molar-refractivity contribution is 5.43. The van der Waals surface area contributed by atoms with E-state index in [1.165, 1.54) is 5.56 Å². The molecule has 0 radical (unpaired) electrons. The first-order valence-corrected chi connectivity index (χ1v) is 6.91. The fourth-order valence-corrected chi connectivity index (χ4v) is 2.60. The molecule has 2 nitrogen and oxygen atoms in total. The molecule has 1 fully saturated rings. The predicted octanol–water partition coefficient (Wildman–Crippen LogP) is 3.69. The average Bonchev–Trinajstić information content (AvgIpc) is 2.49. The Bertz CT molecular complexity index is 497. The first-order valence-electron chi connectivity index (χ1n) is 6.91. The Balaban J connectivity index is 1.65. The van der Waals surface area contributed by atoms with E-state index in [9.17, 15) is 0 Å². The van der Waals surface area contributed by atoms with Crippen LogP contribution < -0.4 is 5.06 Å². The summed E-state index contributed by atoms with van der Waals surface area (Å²) in [4.78, 5) is 5.77. The molecule has 1 atom stereocenters. The second-order valence-corrected chi connectivity index (χ2v) is 5.07. The van der Waals surface area contributed by atoms with E-state index in [0.717, 1.165) is 31.7 Å². The maximum absolute atomic E-state index is 5.77. The van der Waals surface area contributed by atoms with Crippen LogP contribution in [0, 0.1) is 5.92 Å². The van der Waals surface area contributed by atoms with Gasteiger partial charge in [0.05, 0.1) is 12.3 Å². The topological polar surface area (TPSA) is 12.5 Å². The Hall–Kier alpha value is -1.80. The van der Waals surface area contributed by atoms with Gasteiger partial charge in [-0.1, -0.05) is 48.5 Å². The summed E-state index contributed by atoms with van der Waals surface area (Å²) in [7, 11) is 0. The minimum absolute atomic E-state index is 0.663. The number of nitrogens with zero attached hydrogens (tertiary/aromatic N) is 1. The van der Waals surface area contributed by atoms with E-state index in [4.69, 9.17) is 4.84 Å². The summed E-state index contributed by atoms with van der Waals surface area (Å²) in [5, 5.41) is 2.04. The molecule has 0 saturated carbocycles. The van der Waals surface area contributed by atoms with Gasteiger partial charge in [0.25, 0.3) is 0 Å². The molecule has 98 valence electrons. The highest BCUT2D eigenvalue weighted by Gasteiger charge is 2.21. The van der Waals surface area contributed by atoms with Crippen molar-refractivity contribution in [1.82, 2.24) is 0 Å². The van der Waals surface area contributed by atoms with Gasteiger partial charge in [-0.25, -0.2) is 0 Å². The molecule has 0 aliphatic carbocycles. The summed E-state index contributed by atoms with van der Waals surface area (Å²) in [5.41, 5.74) is 2.57. The molecular formula is C17H19NO. The Labute approximate surface area is 114 Å². The summed E-state index contributed by atoms with van der Waals surface area (Å²) in [5.74, 6) is 0.663. The molecule has 0 aromatic heterocycles. The summed E-state index contributed by atoms with van der Waals surface area (Å²) in [6.45, 7) is 1.78. The lowest BCUT2D eigenvalue weighted by Gasteiger charge is -2.33. The molecule has 1 aliphatic heterocycles. The normalized spacial score (nSPS) is 19.4. The Morgan fingerprint density at radius 3 is 2.37 bits per heavy atom. The number of hydrogen-bond donors (Lipinski definition) is 0. The maximum atomic E-state index is 5.77. The molecule has 19 heavy (non-hydrogen) atoms. The van der Waals surface area contributed by atoms with Gasteiger partial charge in [0.2, 0.25) is 0 Å². The third-order valence-corrected chi connectivity index (χ3v) is 3.61. The van der Waals surface area contributed by atoms with Gasteiger partial charge in [0, 0.05) is 6.54 Å². The zero-order valence-corrected chi connectivity index (χ0v) is 11.0. The first-order chi connectivity index (χ1) is 9.42. The van der Waals surface area contributed by atoms with Crippen molar-refractivity contribution in [2.24, 2.45) is 5.92 Å². The number of hydroxylamine groups is 1. The lowest BCUT2D eigenvalue weighted by Crippen LogP contribution is -2.36. The van der Waals surface area contributed by atoms with Gasteiger partial charge in [0.15, 0.2) is 0 Å². The zero-order valence-electron chi connectivity index (χ0n) is 11.0. The standard InChI is InChI=1S/C17H19NO/c1-3-7-15(8-4-1)13-16-11-12-19-18(14-16)17-9-5-2-6-10-17/h1-10,16H,11-14H2. The molecule has 0 spiro atoms. The summed E-state index contributed by atoms with van der Waals surface area (Å²) < 4.78 is 0. The number of para-hydroxylation sites is 1. The SMILES string of the molecule is c1ccc(CC2CCON(c3ccccc3)C2)cc1. The second kappa shape index (κ2) is 5.89. The monoisotopic (exact) mass is 253 g/mol. The van der Waals surface area contributed by atoms with E-state index in [2.05, 4.69) is 54.6 Å². The van der Waals surface area contributed by atoms with Crippen molar-refractivity contribution >= 4 is 5.69 Å². The summed E-state index contributed by atoms with van der Waals surface area (Å²) >= 11 is 0. The van der Waals surface area contributed by atoms with Crippen molar-refractivity contribution in [3.05, 3.63) is 66.2 Å². The quantitative estimate of drug-likeness (QED) is 0.827. The number of benzene rings is 2. The molecule has 2 aromatic carbocycles. The van der Waals surface area contributed by atoms with E-state index < -0.39 is 0 Å². The Kier molecular flexibility index (Phi) is 3.80. The Morgan fingerprint density at radius 2 is 1.63 bits per heavy atom. The van der Waals surface area contributed by atoms with Crippen LogP contribution in [0.2, 0.25) is 0 Å². The highest BCUT2D eigenvalue weighted by atomic mass is 16.7. The van der Waals surface area contributed by atoms with Crippen LogP contribution >= 0.6 is 0 Å². The van der Waals surface area contributed by atoms with Crippen LogP contribution in [-0.4, -0.2) is 13.2 Å². The van der Waals surface area contributed by atoms with Gasteiger partial charge in [-0.3, -0.25) is 9.90 Å². The largest absolute Gasteiger partial charge is 0.273 e. The second-order valence-electron chi connectivity index (χ2n) is 5.07. The van der Waals surface area contributed by atoms with E-state index >= 15 is 0 Å². The van der Waals surface area contributed by atoms with Crippen LogP contribution in [0.4, 0.5) is 5.69 Å². The predicted molar refractivity (Wildman–Crippen MR) is 78.0 cm³/mol. The fourth-order valence-electron chi connectivity index (χ4n) is 2.60. The number of rotatable bonds is 3. The first kappa shape index (κ1) is 12.2. The van der Waals surface area contributed by atoms with Crippen LogP contribution in [0.3, 0.4) is 0 Å². The smallest absolute Gasteiger partial charge is 0.0752 e. The number of hydrogen-bond acceptors (Lipinski definition) is 2. The molecule has 1 unspecified atom stereocenters. The van der Waals surface area contributed by atoms with Gasteiger partial charge < -0.3 is 0 Å². The number of anilines is 1. The van der Waals surface area contributed by atoms with E-state index in [1.54, 1.807) is 0 Å². The molecule has 2 aromatic rings. The summed E-state index contributed by atoms with van der Waals surface area (Å²) in [6.07, 6.45) is 2.27. The fraction of sp³-hybridized carbons (Fsp3) is 0.294. The van der Waals surface area contributed by atoms with Crippen molar-refractivity contribution in [3.63, 3.8) is 0 Å².